The van der Waals surface area contributed by atoms with Gasteiger partial charge in [-0.15, -0.1) is 5.10 Å². The monoisotopic (exact) mass is 372 g/mol. The molecular formula is C19H24N4O2S. The van der Waals surface area contributed by atoms with Crippen molar-refractivity contribution in [3.63, 3.8) is 0 Å². The van der Waals surface area contributed by atoms with Crippen LogP contribution in [0, 0.1) is 6.92 Å². The van der Waals surface area contributed by atoms with E-state index < -0.39 is 0 Å². The Bertz CT molecular complexity index is 898. The van der Waals surface area contributed by atoms with Crippen LogP contribution in [0.25, 0.3) is 4.96 Å². The van der Waals surface area contributed by atoms with Gasteiger partial charge in [-0.2, -0.15) is 4.52 Å². The molecule has 1 aliphatic rings. The standard InChI is InChI=1S/C19H24N4O2S/c1-3-25-15-10-6-5-9-14(15)16(22-11-7-4-8-12-22)17-18(24)23-19(26-17)20-13(2)21-23/h5-6,9-10,16,24H,3-4,7-8,11-12H2,1-2H3. The van der Waals surface area contributed by atoms with E-state index in [1.165, 1.54) is 30.6 Å². The summed E-state index contributed by atoms with van der Waals surface area (Å²) >= 11 is 1.51. The van der Waals surface area contributed by atoms with Gasteiger partial charge in [-0.1, -0.05) is 36.0 Å². The summed E-state index contributed by atoms with van der Waals surface area (Å²) in [6.45, 7) is 6.47. The number of rotatable bonds is 5. The fraction of sp³-hybridized carbons (Fsp3) is 0.474. The second-order valence-corrected chi connectivity index (χ2v) is 7.62. The Kier molecular flexibility index (Phi) is 4.82. The average molecular weight is 372 g/mol. The Morgan fingerprint density at radius 1 is 1.23 bits per heavy atom. The molecule has 1 aromatic carbocycles. The number of nitrogens with zero attached hydrogens (tertiary/aromatic N) is 4. The first-order valence-electron chi connectivity index (χ1n) is 9.20. The van der Waals surface area contributed by atoms with E-state index in [1.54, 1.807) is 4.52 Å². The lowest BCUT2D eigenvalue weighted by Gasteiger charge is -2.34. The van der Waals surface area contributed by atoms with Crippen molar-refractivity contribution < 1.29 is 9.84 Å². The molecule has 138 valence electrons. The molecule has 0 amide bonds. The van der Waals surface area contributed by atoms with Crippen molar-refractivity contribution in [3.8, 4) is 11.6 Å². The molecule has 4 rings (SSSR count). The lowest BCUT2D eigenvalue weighted by molar-refractivity contribution is 0.183. The molecular weight excluding hydrogens is 348 g/mol. The Labute approximate surface area is 157 Å². The second-order valence-electron chi connectivity index (χ2n) is 6.61. The molecule has 6 nitrogen and oxygen atoms in total. The maximum atomic E-state index is 10.9. The van der Waals surface area contributed by atoms with Crippen molar-refractivity contribution in [2.24, 2.45) is 0 Å². The fourth-order valence-corrected chi connectivity index (χ4v) is 4.85. The minimum absolute atomic E-state index is 0.0492. The first-order valence-corrected chi connectivity index (χ1v) is 10.0. The smallest absolute Gasteiger partial charge is 0.230 e. The zero-order valence-corrected chi connectivity index (χ0v) is 16.0. The van der Waals surface area contributed by atoms with E-state index in [-0.39, 0.29) is 11.9 Å². The molecule has 1 N–H and O–H groups in total. The number of aryl methyl sites for hydroxylation is 1. The van der Waals surface area contributed by atoms with E-state index in [1.807, 2.05) is 32.0 Å². The van der Waals surface area contributed by atoms with E-state index in [0.717, 1.165) is 34.2 Å². The van der Waals surface area contributed by atoms with Gasteiger partial charge in [-0.25, -0.2) is 4.98 Å². The average Bonchev–Trinajstić information content (AvgIpc) is 3.16. The highest BCUT2D eigenvalue weighted by atomic mass is 32.1. The Morgan fingerprint density at radius 3 is 2.73 bits per heavy atom. The fourth-order valence-electron chi connectivity index (χ4n) is 3.70. The Morgan fingerprint density at radius 2 is 2.00 bits per heavy atom. The van der Waals surface area contributed by atoms with E-state index in [0.29, 0.717) is 12.4 Å². The summed E-state index contributed by atoms with van der Waals surface area (Å²) in [5, 5.41) is 15.2. The summed E-state index contributed by atoms with van der Waals surface area (Å²) in [5.41, 5.74) is 1.09. The third-order valence-electron chi connectivity index (χ3n) is 4.82. The van der Waals surface area contributed by atoms with Gasteiger partial charge in [0.15, 0.2) is 0 Å². The SMILES string of the molecule is CCOc1ccccc1C(c1sc2nc(C)nn2c1O)N1CCCCC1. The Balaban J connectivity index is 1.85. The molecule has 1 fully saturated rings. The number of hydrogen-bond acceptors (Lipinski definition) is 6. The van der Waals surface area contributed by atoms with Crippen LogP contribution in [0.5, 0.6) is 11.6 Å². The van der Waals surface area contributed by atoms with Gasteiger partial charge in [-0.05, 0) is 45.8 Å². The van der Waals surface area contributed by atoms with Crippen LogP contribution in [-0.4, -0.2) is 44.3 Å². The van der Waals surface area contributed by atoms with Crippen molar-refractivity contribution in [2.45, 2.75) is 39.2 Å². The Hall–Kier alpha value is -2.12. The zero-order valence-electron chi connectivity index (χ0n) is 15.2. The summed E-state index contributed by atoms with van der Waals surface area (Å²) in [6, 6.07) is 8.09. The van der Waals surface area contributed by atoms with Crippen LogP contribution in [0.4, 0.5) is 0 Å². The van der Waals surface area contributed by atoms with Crippen LogP contribution >= 0.6 is 11.3 Å². The molecule has 3 heterocycles. The highest BCUT2D eigenvalue weighted by molar-refractivity contribution is 7.17. The number of fused-ring (bicyclic) bond motifs is 1. The lowest BCUT2D eigenvalue weighted by Crippen LogP contribution is -2.34. The maximum absolute atomic E-state index is 10.9. The second kappa shape index (κ2) is 7.25. The van der Waals surface area contributed by atoms with Gasteiger partial charge in [-0.3, -0.25) is 4.90 Å². The molecule has 1 aliphatic heterocycles. The molecule has 7 heteroatoms. The molecule has 1 saturated heterocycles. The maximum Gasteiger partial charge on any atom is 0.230 e. The molecule has 0 aliphatic carbocycles. The number of aromatic nitrogens is 3. The number of aromatic hydroxyl groups is 1. The molecule has 1 atom stereocenters. The number of likely N-dealkylation sites (tertiary alicyclic amines) is 1. The van der Waals surface area contributed by atoms with Crippen molar-refractivity contribution in [3.05, 3.63) is 40.5 Å². The number of para-hydroxylation sites is 1. The van der Waals surface area contributed by atoms with Crippen LogP contribution in [0.15, 0.2) is 24.3 Å². The number of piperidine rings is 1. The van der Waals surface area contributed by atoms with Gasteiger partial charge in [0.2, 0.25) is 10.8 Å². The van der Waals surface area contributed by atoms with E-state index in [2.05, 4.69) is 21.0 Å². The summed E-state index contributed by atoms with van der Waals surface area (Å²) in [5.74, 6) is 1.73. The summed E-state index contributed by atoms with van der Waals surface area (Å²) in [6.07, 6.45) is 3.61. The third-order valence-corrected chi connectivity index (χ3v) is 5.90. The third kappa shape index (κ3) is 3.05. The van der Waals surface area contributed by atoms with Crippen LogP contribution < -0.4 is 4.74 Å². The van der Waals surface area contributed by atoms with Gasteiger partial charge >= 0.3 is 0 Å². The van der Waals surface area contributed by atoms with Gasteiger partial charge in [0.1, 0.15) is 11.6 Å². The predicted molar refractivity (Wildman–Crippen MR) is 102 cm³/mol. The first kappa shape index (κ1) is 17.3. The molecule has 0 radical (unpaired) electrons. The molecule has 2 aromatic heterocycles. The van der Waals surface area contributed by atoms with Crippen molar-refractivity contribution >= 4 is 16.3 Å². The summed E-state index contributed by atoms with van der Waals surface area (Å²) in [7, 11) is 0. The molecule has 0 spiro atoms. The normalized spacial score (nSPS) is 16.8. The zero-order chi connectivity index (χ0) is 18.1. The largest absolute Gasteiger partial charge is 0.494 e. The summed E-state index contributed by atoms with van der Waals surface area (Å²) in [4.78, 5) is 8.49. The van der Waals surface area contributed by atoms with E-state index in [4.69, 9.17) is 4.74 Å². The van der Waals surface area contributed by atoms with Gasteiger partial charge in [0.05, 0.1) is 17.5 Å². The molecule has 0 saturated carbocycles. The van der Waals surface area contributed by atoms with Crippen molar-refractivity contribution in [1.82, 2.24) is 19.5 Å². The topological polar surface area (TPSA) is 62.9 Å². The quantitative estimate of drug-likeness (QED) is 0.738. The van der Waals surface area contributed by atoms with Crippen molar-refractivity contribution in [2.75, 3.05) is 19.7 Å². The minimum Gasteiger partial charge on any atom is -0.494 e. The minimum atomic E-state index is -0.0492. The van der Waals surface area contributed by atoms with Gasteiger partial charge in [0, 0.05) is 5.56 Å². The highest BCUT2D eigenvalue weighted by Crippen LogP contribution is 2.43. The summed E-state index contributed by atoms with van der Waals surface area (Å²) < 4.78 is 7.45. The molecule has 26 heavy (non-hydrogen) atoms. The van der Waals surface area contributed by atoms with E-state index >= 15 is 0 Å². The van der Waals surface area contributed by atoms with Crippen LogP contribution in [0.3, 0.4) is 0 Å². The van der Waals surface area contributed by atoms with Crippen LogP contribution in [-0.2, 0) is 0 Å². The highest BCUT2D eigenvalue weighted by Gasteiger charge is 2.32. The number of ether oxygens (including phenoxy) is 1. The lowest BCUT2D eigenvalue weighted by atomic mass is 9.99. The van der Waals surface area contributed by atoms with Gasteiger partial charge in [0.25, 0.3) is 0 Å². The molecule has 0 bridgehead atoms. The number of benzene rings is 1. The van der Waals surface area contributed by atoms with E-state index in [9.17, 15) is 5.11 Å². The predicted octanol–water partition coefficient (Wildman–Crippen LogP) is 3.78. The molecule has 1 unspecified atom stereocenters. The number of thiazole rings is 1. The van der Waals surface area contributed by atoms with Crippen LogP contribution in [0.2, 0.25) is 0 Å². The number of hydrogen-bond donors (Lipinski definition) is 1. The molecule has 3 aromatic rings. The van der Waals surface area contributed by atoms with Crippen LogP contribution in [0.1, 0.15) is 48.5 Å². The van der Waals surface area contributed by atoms with Gasteiger partial charge < -0.3 is 9.84 Å². The van der Waals surface area contributed by atoms with Crippen molar-refractivity contribution in [1.29, 1.82) is 0 Å². The first-order chi connectivity index (χ1) is 12.7.